The Labute approximate surface area is 122 Å². The predicted molar refractivity (Wildman–Crippen MR) is 83.7 cm³/mol. The minimum atomic E-state index is 0.554. The number of nitrogens with one attached hydrogen (secondary N) is 2. The van der Waals surface area contributed by atoms with E-state index < -0.39 is 0 Å². The lowest BCUT2D eigenvalue weighted by Crippen LogP contribution is -2.25. The van der Waals surface area contributed by atoms with E-state index in [1.165, 1.54) is 20.4 Å². The number of thiophene rings is 1. The number of hydrogen-bond acceptors (Lipinski definition) is 6. The molecule has 0 radical (unpaired) electrons. The number of aliphatic hydroxyl groups is 1. The Bertz CT molecular complexity index is 357. The van der Waals surface area contributed by atoms with Crippen molar-refractivity contribution in [3.8, 4) is 0 Å². The summed E-state index contributed by atoms with van der Waals surface area (Å²) in [5, 5.41) is 11.3. The highest BCUT2D eigenvalue weighted by atomic mass is 32.2. The molecule has 104 valence electrons. The number of thioether (sulfide) groups is 1. The third-order valence-corrected chi connectivity index (χ3v) is 5.95. The van der Waals surface area contributed by atoms with E-state index in [1.54, 1.807) is 11.9 Å². The predicted octanol–water partition coefficient (Wildman–Crippen LogP) is 3.12. The van der Waals surface area contributed by atoms with E-state index in [9.17, 15) is 0 Å². The molecule has 1 aromatic rings. The Balaban J connectivity index is 0.000000771. The van der Waals surface area contributed by atoms with Crippen LogP contribution in [-0.4, -0.2) is 31.1 Å². The molecule has 2 atom stereocenters. The van der Waals surface area contributed by atoms with Gasteiger partial charge < -0.3 is 10.4 Å². The van der Waals surface area contributed by atoms with Crippen LogP contribution in [0.1, 0.15) is 31.9 Å². The van der Waals surface area contributed by atoms with Crippen molar-refractivity contribution in [1.29, 1.82) is 0 Å². The molecule has 0 saturated carbocycles. The lowest BCUT2D eigenvalue weighted by Gasteiger charge is -2.27. The molecule has 0 saturated heterocycles. The van der Waals surface area contributed by atoms with Crippen molar-refractivity contribution in [3.63, 3.8) is 0 Å². The molecule has 6 heteroatoms. The van der Waals surface area contributed by atoms with Gasteiger partial charge in [0.1, 0.15) is 0 Å². The first kappa shape index (κ1) is 16.3. The van der Waals surface area contributed by atoms with Crippen molar-refractivity contribution < 1.29 is 5.11 Å². The smallest absolute Gasteiger partial charge is 0.0766 e. The van der Waals surface area contributed by atoms with Crippen molar-refractivity contribution in [2.24, 2.45) is 0 Å². The molecule has 3 N–H and O–H groups in total. The van der Waals surface area contributed by atoms with Crippen LogP contribution in [0.4, 0.5) is 0 Å². The van der Waals surface area contributed by atoms with Gasteiger partial charge in [0.15, 0.2) is 0 Å². The van der Waals surface area contributed by atoms with Crippen molar-refractivity contribution in [1.82, 2.24) is 10.0 Å². The largest absolute Gasteiger partial charge is 0.400 e. The maximum Gasteiger partial charge on any atom is 0.0766 e. The van der Waals surface area contributed by atoms with Gasteiger partial charge in [0.05, 0.1) is 8.42 Å². The molecule has 0 aliphatic carbocycles. The molecule has 18 heavy (non-hydrogen) atoms. The van der Waals surface area contributed by atoms with Crippen LogP contribution in [0, 0.1) is 0 Å². The highest BCUT2D eigenvalue weighted by Gasteiger charge is 2.26. The second kappa shape index (κ2) is 8.45. The second-order valence-corrected chi connectivity index (χ2v) is 7.96. The Kier molecular flexibility index (Phi) is 7.67. The maximum absolute atomic E-state index is 7.00. The van der Waals surface area contributed by atoms with Crippen molar-refractivity contribution in [2.45, 2.75) is 40.0 Å². The zero-order chi connectivity index (χ0) is 13.5. The SMILES string of the molecule is CCN[C@H]1C[C@H](C)Sc2sc(SNC)cc21.CO. The van der Waals surface area contributed by atoms with Gasteiger partial charge in [0.2, 0.25) is 0 Å². The van der Waals surface area contributed by atoms with Gasteiger partial charge in [-0.1, -0.05) is 13.8 Å². The first-order valence-electron chi connectivity index (χ1n) is 6.06. The van der Waals surface area contributed by atoms with E-state index >= 15 is 0 Å². The number of hydrogen-bond donors (Lipinski definition) is 3. The molecule has 2 heterocycles. The molecular weight excluding hydrogens is 284 g/mol. The molecule has 1 aliphatic heterocycles. The topological polar surface area (TPSA) is 44.3 Å². The summed E-state index contributed by atoms with van der Waals surface area (Å²) in [7, 11) is 2.97. The first-order valence-corrected chi connectivity index (χ1v) is 8.58. The fraction of sp³-hybridized carbons (Fsp3) is 0.667. The Morgan fingerprint density at radius 1 is 1.50 bits per heavy atom. The number of rotatable bonds is 4. The molecule has 3 nitrogen and oxygen atoms in total. The normalized spacial score (nSPS) is 22.1. The third kappa shape index (κ3) is 4.15. The average Bonchev–Trinajstić information content (AvgIpc) is 2.75. The van der Waals surface area contributed by atoms with Crippen LogP contribution in [0.25, 0.3) is 0 Å². The zero-order valence-electron chi connectivity index (χ0n) is 11.3. The quantitative estimate of drug-likeness (QED) is 0.746. The molecule has 2 rings (SSSR count). The third-order valence-electron chi connectivity index (χ3n) is 2.61. The molecule has 0 bridgehead atoms. The fourth-order valence-electron chi connectivity index (χ4n) is 1.98. The summed E-state index contributed by atoms with van der Waals surface area (Å²) in [5.41, 5.74) is 1.51. The van der Waals surface area contributed by atoms with Gasteiger partial charge in [-0.25, -0.2) is 0 Å². The van der Waals surface area contributed by atoms with Crippen LogP contribution in [0.2, 0.25) is 0 Å². The lowest BCUT2D eigenvalue weighted by molar-refractivity contribution is 0.399. The van der Waals surface area contributed by atoms with Crippen LogP contribution >= 0.6 is 35.0 Å². The zero-order valence-corrected chi connectivity index (χ0v) is 13.8. The second-order valence-electron chi connectivity index (χ2n) is 3.89. The van der Waals surface area contributed by atoms with Gasteiger partial charge in [-0.2, -0.15) is 0 Å². The summed E-state index contributed by atoms with van der Waals surface area (Å²) >= 11 is 5.66. The van der Waals surface area contributed by atoms with E-state index in [4.69, 9.17) is 5.11 Å². The van der Waals surface area contributed by atoms with Crippen LogP contribution < -0.4 is 10.0 Å². The van der Waals surface area contributed by atoms with Crippen molar-refractivity contribution in [2.75, 3.05) is 20.7 Å². The average molecular weight is 307 g/mol. The summed E-state index contributed by atoms with van der Waals surface area (Å²) in [4.78, 5) is 0. The highest BCUT2D eigenvalue weighted by molar-refractivity contribution is 8.03. The van der Waals surface area contributed by atoms with Crippen LogP contribution in [0.15, 0.2) is 14.5 Å². The first-order chi connectivity index (χ1) is 8.74. The van der Waals surface area contributed by atoms with Crippen LogP contribution in [-0.2, 0) is 0 Å². The minimum Gasteiger partial charge on any atom is -0.400 e. The summed E-state index contributed by atoms with van der Waals surface area (Å²) in [6.07, 6.45) is 1.24. The van der Waals surface area contributed by atoms with E-state index in [-0.39, 0.29) is 0 Å². The van der Waals surface area contributed by atoms with Gasteiger partial charge in [-0.05, 0) is 43.6 Å². The summed E-state index contributed by atoms with van der Waals surface area (Å²) in [6.45, 7) is 5.55. The molecule has 0 spiro atoms. The van der Waals surface area contributed by atoms with Crippen LogP contribution in [0.5, 0.6) is 0 Å². The van der Waals surface area contributed by atoms with E-state index in [0.717, 1.165) is 18.9 Å². The lowest BCUT2D eigenvalue weighted by atomic mass is 10.1. The maximum atomic E-state index is 7.00. The fourth-order valence-corrected chi connectivity index (χ4v) is 5.83. The molecular formula is C12H22N2OS3. The number of fused-ring (bicyclic) bond motifs is 1. The monoisotopic (exact) mass is 306 g/mol. The van der Waals surface area contributed by atoms with Crippen molar-refractivity contribution in [3.05, 3.63) is 11.6 Å². The van der Waals surface area contributed by atoms with E-state index in [2.05, 4.69) is 30.0 Å². The molecule has 0 amide bonds. The number of aliphatic hydroxyl groups excluding tert-OH is 1. The summed E-state index contributed by atoms with van der Waals surface area (Å²) < 4.78 is 6.02. The van der Waals surface area contributed by atoms with Gasteiger partial charge in [0, 0.05) is 18.4 Å². The molecule has 1 aromatic heterocycles. The highest BCUT2D eigenvalue weighted by Crippen LogP contribution is 2.47. The van der Waals surface area contributed by atoms with Gasteiger partial charge in [0.25, 0.3) is 0 Å². The standard InChI is InChI=1S/C11H18N2S3.CH4O/c1-4-13-9-5-7(2)14-11-8(9)6-10(15-11)16-12-3;1-2/h6-7,9,12-13H,4-5H2,1-3H3;2H,1H3/t7-,9-;/m0./s1. The molecule has 0 aromatic carbocycles. The van der Waals surface area contributed by atoms with Crippen molar-refractivity contribution >= 4 is 35.0 Å². The van der Waals surface area contributed by atoms with E-state index in [1.807, 2.05) is 30.1 Å². The Morgan fingerprint density at radius 3 is 2.83 bits per heavy atom. The Morgan fingerprint density at radius 2 is 2.22 bits per heavy atom. The summed E-state index contributed by atoms with van der Waals surface area (Å²) in [5.74, 6) is 0. The van der Waals surface area contributed by atoms with E-state index in [0.29, 0.717) is 6.04 Å². The Hall–Kier alpha value is 0.280. The molecule has 0 fully saturated rings. The van der Waals surface area contributed by atoms with Gasteiger partial charge >= 0.3 is 0 Å². The minimum absolute atomic E-state index is 0.554. The van der Waals surface area contributed by atoms with Gasteiger partial charge in [-0.3, -0.25) is 4.72 Å². The molecule has 0 unspecified atom stereocenters. The molecule has 1 aliphatic rings. The van der Waals surface area contributed by atoms with Gasteiger partial charge in [-0.15, -0.1) is 23.1 Å². The van der Waals surface area contributed by atoms with Crippen LogP contribution in [0.3, 0.4) is 0 Å². The summed E-state index contributed by atoms with van der Waals surface area (Å²) in [6, 6.07) is 2.90.